The molecule has 0 unspecified atom stereocenters. The molecule has 15 heteroatoms. The van der Waals surface area contributed by atoms with Crippen molar-refractivity contribution in [2.24, 2.45) is 0 Å². The van der Waals surface area contributed by atoms with Crippen molar-refractivity contribution < 1.29 is 21.2 Å². The quantitative estimate of drug-likeness (QED) is 0.0879. The molecule has 4 aromatic heterocycles. The van der Waals surface area contributed by atoms with Crippen molar-refractivity contribution in [2.75, 3.05) is 37.8 Å². The van der Waals surface area contributed by atoms with E-state index in [0.29, 0.717) is 45.5 Å². The van der Waals surface area contributed by atoms with Crippen molar-refractivity contribution in [3.63, 3.8) is 0 Å². The number of halogens is 6. The van der Waals surface area contributed by atoms with E-state index >= 15 is 0 Å². The monoisotopic (exact) mass is 965 g/mol. The molecule has 0 aliphatic rings. The zero-order chi connectivity index (χ0) is 47.9. The van der Waals surface area contributed by atoms with Gasteiger partial charge in [-0.2, -0.15) is 4.31 Å². The second-order valence-electron chi connectivity index (χ2n) is 14.9. The Morgan fingerprint density at radius 2 is 1.06 bits per heavy atom. The lowest BCUT2D eigenvalue weighted by atomic mass is 10.1. The molecule has 0 amide bonds. The second kappa shape index (κ2) is 23.8. The van der Waals surface area contributed by atoms with Crippen LogP contribution in [-0.2, 0) is 13.1 Å². The van der Waals surface area contributed by atoms with Gasteiger partial charge in [-0.05, 0) is 72.8 Å². The summed E-state index contributed by atoms with van der Waals surface area (Å²) in [4.78, 5) is 8.91. The van der Waals surface area contributed by atoms with Gasteiger partial charge in [-0.1, -0.05) is 121 Å². The second-order valence-corrected chi connectivity index (χ2v) is 17.0. The minimum atomic E-state index is -4.93. The Morgan fingerprint density at radius 1 is 0.612 bits per heavy atom. The Bertz CT molecular complexity index is 2880. The number of hydrogen-bond acceptors (Lipinski definition) is 6. The van der Waals surface area contributed by atoms with E-state index in [2.05, 4.69) is 67.0 Å². The first-order valence-corrected chi connectivity index (χ1v) is 23.4. The molecule has 8 aromatic rings. The Labute approximate surface area is 400 Å². The van der Waals surface area contributed by atoms with Crippen LogP contribution < -0.4 is 11.5 Å². The highest BCUT2D eigenvalue weighted by Crippen LogP contribution is 2.56. The van der Waals surface area contributed by atoms with Gasteiger partial charge in [0.05, 0.1) is 53.5 Å². The fourth-order valence-electron chi connectivity index (χ4n) is 7.23. The molecule has 5 N–H and O–H groups in total. The average molecular weight is 967 g/mol. The Morgan fingerprint density at radius 3 is 1.43 bits per heavy atom. The molecule has 0 aliphatic carbocycles. The first-order chi connectivity index (χ1) is 32.3. The lowest BCUT2D eigenvalue weighted by Gasteiger charge is -2.23. The molecule has 0 bridgehead atoms. The number of rotatable bonds is 11. The van der Waals surface area contributed by atoms with Gasteiger partial charge in [-0.25, -0.2) is 9.97 Å². The molecule has 0 saturated heterocycles. The summed E-state index contributed by atoms with van der Waals surface area (Å²) in [6.45, 7) is 3.85. The largest absolute Gasteiger partial charge is 0.395 e. The number of nitrogen functional groups attached to an aromatic ring is 2. The number of benzene rings is 4. The highest BCUT2D eigenvalue weighted by molar-refractivity contribution is 8.18. The van der Waals surface area contributed by atoms with E-state index in [4.69, 9.17) is 39.8 Å². The van der Waals surface area contributed by atoms with E-state index in [9.17, 15) is 16.0 Å². The lowest BCUT2D eigenvalue weighted by molar-refractivity contribution is 0.305. The van der Waals surface area contributed by atoms with Gasteiger partial charge < -0.3 is 25.7 Å². The molecule has 4 aromatic carbocycles. The predicted octanol–water partition coefficient (Wildman–Crippen LogP) is 13.1. The molecule has 8 nitrogen and oxygen atoms in total. The topological polar surface area (TPSA) is 111 Å². The van der Waals surface area contributed by atoms with E-state index < -0.39 is 18.0 Å². The minimum absolute atomic E-state index is 0.0589. The molecule has 67 heavy (non-hydrogen) atoms. The maximum atomic E-state index is 12.4. The van der Waals surface area contributed by atoms with Gasteiger partial charge in [0.15, 0.2) is 0 Å². The average Bonchev–Trinajstić information content (AvgIpc) is 3.84. The summed E-state index contributed by atoms with van der Waals surface area (Å²) < 4.78 is 52.4. The van der Waals surface area contributed by atoms with Crippen molar-refractivity contribution >= 4 is 68.0 Å². The number of nitrogens with two attached hydrogens (primary N) is 2. The third kappa shape index (κ3) is 13.3. The van der Waals surface area contributed by atoms with Crippen LogP contribution in [0.25, 0.3) is 44.3 Å². The van der Waals surface area contributed by atoms with Gasteiger partial charge in [-0.15, -0.1) is 11.7 Å². The summed E-state index contributed by atoms with van der Waals surface area (Å²) in [7, 11) is 0. The molecule has 0 fully saturated rings. The fourth-order valence-corrected chi connectivity index (χ4v) is 8.28. The van der Waals surface area contributed by atoms with Gasteiger partial charge in [0, 0.05) is 69.0 Å². The SMILES string of the molecule is CCN(CC)S(F)(F)F.Nc1cccc(Cn2c(-c3ccccc3Cl)cc3ccc(C#CCCF)cc32)n1.Nc1cccc(Cn2c(-c3ccccc3Cl)cc3ccc(C#CCCO)cc32)n1. The number of fused-ring (bicyclic) bond motifs is 2. The van der Waals surface area contributed by atoms with E-state index in [0.717, 1.165) is 66.8 Å². The third-order valence-corrected chi connectivity index (χ3v) is 12.1. The summed E-state index contributed by atoms with van der Waals surface area (Å²) in [6, 6.07) is 43.2. The van der Waals surface area contributed by atoms with Gasteiger partial charge in [0.2, 0.25) is 0 Å². The van der Waals surface area contributed by atoms with Crippen LogP contribution in [0.2, 0.25) is 10.0 Å². The summed E-state index contributed by atoms with van der Waals surface area (Å²) in [5.41, 5.74) is 21.2. The Balaban J connectivity index is 0.000000187. The summed E-state index contributed by atoms with van der Waals surface area (Å²) >= 11 is 8.07. The molecule has 346 valence electrons. The number of aliphatic hydroxyl groups is 1. The van der Waals surface area contributed by atoms with E-state index in [1.165, 1.54) is 13.8 Å². The molecule has 0 atom stereocenters. The molecule has 0 radical (unpaired) electrons. The molecular weight excluding hydrogens is 918 g/mol. The molecule has 0 aliphatic heterocycles. The van der Waals surface area contributed by atoms with Gasteiger partial charge in [-0.3, -0.25) is 4.39 Å². The maximum Gasteiger partial charge on any atom is 0.278 e. The summed E-state index contributed by atoms with van der Waals surface area (Å²) in [5, 5.41) is 12.5. The van der Waals surface area contributed by atoms with Crippen molar-refractivity contribution in [1.29, 1.82) is 0 Å². The van der Waals surface area contributed by atoms with Crippen LogP contribution in [0.5, 0.6) is 0 Å². The first-order valence-electron chi connectivity index (χ1n) is 21.3. The van der Waals surface area contributed by atoms with Gasteiger partial charge in [0.1, 0.15) is 18.3 Å². The normalized spacial score (nSPS) is 11.2. The zero-order valence-electron chi connectivity index (χ0n) is 36.9. The first kappa shape index (κ1) is 50.0. The van der Waals surface area contributed by atoms with Gasteiger partial charge >= 0.3 is 0 Å². The van der Waals surface area contributed by atoms with Gasteiger partial charge in [0.25, 0.3) is 11.4 Å². The summed E-state index contributed by atoms with van der Waals surface area (Å²) in [5.74, 6) is 13.0. The van der Waals surface area contributed by atoms with Crippen LogP contribution in [0.3, 0.4) is 0 Å². The van der Waals surface area contributed by atoms with Crippen LogP contribution in [0, 0.1) is 23.7 Å². The molecule has 0 spiro atoms. The van der Waals surface area contributed by atoms with E-state index in [-0.39, 0.29) is 26.1 Å². The number of aromatic nitrogens is 4. The standard InChI is InChI=1S/C24H19ClFN3.C24H20ClN3O.C4H10F3NS/c25-21-9-2-1-8-20(21)23-15-18-12-11-17(6-3-4-13-26)14-22(18)29(23)16-19-7-5-10-24(27)28-19;25-21-9-2-1-8-20(21)23-15-18-12-11-17(6-3-4-13-29)14-22(18)28(23)16-19-7-5-10-24(26)27-19;1-3-8(4-2)9(5,6)7/h1-2,5,7-12,14-15H,4,13,16H2,(H2,27,28);1-2,5,7-12,14-15,29H,4,13,16H2,(H2,26,27);3-4H2,1-2H3. The van der Waals surface area contributed by atoms with Crippen LogP contribution in [0.15, 0.2) is 133 Å². The number of hydrogen-bond donors (Lipinski definition) is 3. The highest BCUT2D eigenvalue weighted by atomic mass is 35.5. The molecule has 4 heterocycles. The van der Waals surface area contributed by atoms with E-state index in [1.807, 2.05) is 97.1 Å². The number of anilines is 2. The number of pyridine rings is 2. The maximum absolute atomic E-state index is 12.4. The number of nitrogens with zero attached hydrogens (tertiary/aromatic N) is 5. The Hall–Kier alpha value is -6.45. The molecular formula is C52H49Cl2F4N7OS. The van der Waals surface area contributed by atoms with Crippen LogP contribution in [0.1, 0.15) is 49.2 Å². The third-order valence-electron chi connectivity index (χ3n) is 10.3. The molecule has 8 rings (SSSR count). The van der Waals surface area contributed by atoms with Crippen molar-refractivity contribution in [2.45, 2.75) is 39.8 Å². The predicted molar refractivity (Wildman–Crippen MR) is 270 cm³/mol. The number of aliphatic hydroxyl groups excluding tert-OH is 1. The highest BCUT2D eigenvalue weighted by Gasteiger charge is 2.28. The van der Waals surface area contributed by atoms with Crippen LogP contribution >= 0.6 is 34.6 Å². The van der Waals surface area contributed by atoms with Crippen molar-refractivity contribution in [3.8, 4) is 46.2 Å². The zero-order valence-corrected chi connectivity index (χ0v) is 39.2. The fraction of sp³-hybridized carbons (Fsp3) is 0.192. The lowest BCUT2D eigenvalue weighted by Crippen LogP contribution is -2.19. The number of alkyl halides is 1. The van der Waals surface area contributed by atoms with Crippen molar-refractivity contribution in [3.05, 3.63) is 166 Å². The Kier molecular flexibility index (Phi) is 17.8. The van der Waals surface area contributed by atoms with Crippen molar-refractivity contribution in [1.82, 2.24) is 23.4 Å². The van der Waals surface area contributed by atoms with Crippen LogP contribution in [-0.4, -0.2) is 54.9 Å². The summed E-state index contributed by atoms with van der Waals surface area (Å²) in [6.07, 6.45) is 0.689. The molecule has 0 saturated carbocycles. The minimum Gasteiger partial charge on any atom is -0.395 e. The van der Waals surface area contributed by atoms with E-state index in [1.54, 1.807) is 12.1 Å². The van der Waals surface area contributed by atoms with Crippen LogP contribution in [0.4, 0.5) is 27.7 Å². The smallest absolute Gasteiger partial charge is 0.278 e.